The Bertz CT molecular complexity index is 597. The lowest BCUT2D eigenvalue weighted by molar-refractivity contribution is 0.0685. The summed E-state index contributed by atoms with van der Waals surface area (Å²) in [6, 6.07) is 11.8. The van der Waals surface area contributed by atoms with Gasteiger partial charge in [-0.3, -0.25) is 0 Å². The summed E-state index contributed by atoms with van der Waals surface area (Å²) in [5, 5.41) is 9.21. The molecule has 0 aliphatic carbocycles. The highest BCUT2D eigenvalue weighted by Crippen LogP contribution is 2.30. The summed E-state index contributed by atoms with van der Waals surface area (Å²) in [6.07, 6.45) is 0. The molecule has 0 aliphatic heterocycles. The van der Waals surface area contributed by atoms with Crippen molar-refractivity contribution in [2.75, 3.05) is 0 Å². The van der Waals surface area contributed by atoms with Crippen LogP contribution in [-0.2, 0) is 6.54 Å². The van der Waals surface area contributed by atoms with Gasteiger partial charge in [-0.1, -0.05) is 38.1 Å². The van der Waals surface area contributed by atoms with Gasteiger partial charge in [-0.2, -0.15) is 0 Å². The lowest BCUT2D eigenvalue weighted by Gasteiger charge is -2.15. The van der Waals surface area contributed by atoms with E-state index < -0.39 is 5.97 Å². The summed E-state index contributed by atoms with van der Waals surface area (Å²) in [5.41, 5.74) is 3.68. The Morgan fingerprint density at radius 1 is 1.21 bits per heavy atom. The largest absolute Gasteiger partial charge is 0.477 e. The third-order valence-corrected chi connectivity index (χ3v) is 3.37. The zero-order valence-corrected chi connectivity index (χ0v) is 11.6. The van der Waals surface area contributed by atoms with Crippen molar-refractivity contribution < 1.29 is 9.90 Å². The van der Waals surface area contributed by atoms with Crippen LogP contribution in [-0.4, -0.2) is 15.6 Å². The first-order valence-corrected chi connectivity index (χ1v) is 6.58. The maximum absolute atomic E-state index is 11.2. The third-order valence-electron chi connectivity index (χ3n) is 3.37. The van der Waals surface area contributed by atoms with Crippen LogP contribution < -0.4 is 0 Å². The number of aromatic nitrogens is 1. The Labute approximate surface area is 113 Å². The second kappa shape index (κ2) is 5.31. The molecule has 2 aromatic rings. The summed E-state index contributed by atoms with van der Waals surface area (Å²) < 4.78 is 1.85. The quantitative estimate of drug-likeness (QED) is 0.899. The maximum atomic E-state index is 11.2. The van der Waals surface area contributed by atoms with E-state index >= 15 is 0 Å². The van der Waals surface area contributed by atoms with E-state index in [1.54, 1.807) is 6.07 Å². The molecule has 1 aromatic carbocycles. The van der Waals surface area contributed by atoms with Crippen LogP contribution in [0.2, 0.25) is 0 Å². The van der Waals surface area contributed by atoms with Crippen molar-refractivity contribution in [3.8, 4) is 11.3 Å². The molecular formula is C16H19NO2. The molecule has 0 aliphatic rings. The smallest absolute Gasteiger partial charge is 0.352 e. The van der Waals surface area contributed by atoms with Gasteiger partial charge in [-0.05, 0) is 30.5 Å². The minimum Gasteiger partial charge on any atom is -0.477 e. The first-order chi connectivity index (χ1) is 9.06. The predicted octanol–water partition coefficient (Wildman–Crippen LogP) is 4.00. The second-order valence-corrected chi connectivity index (χ2v) is 4.90. The summed E-state index contributed by atoms with van der Waals surface area (Å²) in [7, 11) is 0. The number of carboxylic acid groups (broad SMARTS) is 1. The summed E-state index contributed by atoms with van der Waals surface area (Å²) in [6.45, 7) is 6.91. The van der Waals surface area contributed by atoms with Crippen molar-refractivity contribution in [1.82, 2.24) is 4.57 Å². The number of nitrogens with zero attached hydrogens (tertiary/aromatic N) is 1. The fourth-order valence-corrected chi connectivity index (χ4v) is 2.46. The molecule has 1 N–H and O–H groups in total. The molecule has 1 aromatic heterocycles. The van der Waals surface area contributed by atoms with Crippen LogP contribution in [0.25, 0.3) is 11.3 Å². The molecule has 0 bridgehead atoms. The average molecular weight is 257 g/mol. The van der Waals surface area contributed by atoms with E-state index in [0.717, 1.165) is 11.3 Å². The fraction of sp³-hybridized carbons (Fsp3) is 0.312. The average Bonchev–Trinajstić information content (AvgIpc) is 2.82. The van der Waals surface area contributed by atoms with Gasteiger partial charge in [-0.25, -0.2) is 4.79 Å². The molecule has 0 saturated carbocycles. The Morgan fingerprint density at radius 3 is 2.47 bits per heavy atom. The molecule has 0 atom stereocenters. The molecule has 1 heterocycles. The zero-order valence-electron chi connectivity index (χ0n) is 11.6. The minimum absolute atomic E-state index is 0.344. The Balaban J connectivity index is 2.63. The molecule has 2 rings (SSSR count). The van der Waals surface area contributed by atoms with E-state index in [9.17, 15) is 9.90 Å². The molecular weight excluding hydrogens is 238 g/mol. The highest BCUT2D eigenvalue weighted by molar-refractivity contribution is 5.87. The molecule has 0 spiro atoms. The standard InChI is InChI=1S/C16H19NO2/c1-4-17-14(9-10-15(17)16(18)19)13-8-6-5-7-12(13)11(2)3/h5-11H,4H2,1-3H3,(H,18,19). The van der Waals surface area contributed by atoms with Crippen LogP contribution in [0.4, 0.5) is 0 Å². The third kappa shape index (κ3) is 2.41. The van der Waals surface area contributed by atoms with Crippen LogP contribution in [0.5, 0.6) is 0 Å². The second-order valence-electron chi connectivity index (χ2n) is 4.90. The summed E-state index contributed by atoms with van der Waals surface area (Å²) >= 11 is 0. The maximum Gasteiger partial charge on any atom is 0.352 e. The van der Waals surface area contributed by atoms with Gasteiger partial charge in [0, 0.05) is 17.8 Å². The molecule has 0 saturated heterocycles. The van der Waals surface area contributed by atoms with E-state index in [1.165, 1.54) is 5.56 Å². The molecule has 0 amide bonds. The van der Waals surface area contributed by atoms with Gasteiger partial charge in [0.1, 0.15) is 5.69 Å². The molecule has 100 valence electrons. The van der Waals surface area contributed by atoms with E-state index in [0.29, 0.717) is 18.2 Å². The topological polar surface area (TPSA) is 42.2 Å². The van der Waals surface area contributed by atoms with Crippen LogP contribution in [0, 0.1) is 0 Å². The summed E-state index contributed by atoms with van der Waals surface area (Å²) in [4.78, 5) is 11.2. The lowest BCUT2D eigenvalue weighted by Crippen LogP contribution is -2.08. The van der Waals surface area contributed by atoms with Gasteiger partial charge in [-0.15, -0.1) is 0 Å². The van der Waals surface area contributed by atoms with Crippen LogP contribution in [0.15, 0.2) is 36.4 Å². The van der Waals surface area contributed by atoms with Crippen molar-refractivity contribution in [2.45, 2.75) is 33.2 Å². The number of benzene rings is 1. The Hall–Kier alpha value is -2.03. The SMILES string of the molecule is CCn1c(C(=O)O)ccc1-c1ccccc1C(C)C. The van der Waals surface area contributed by atoms with Crippen molar-refractivity contribution in [3.05, 3.63) is 47.7 Å². The number of aromatic carboxylic acids is 1. The number of carboxylic acids is 1. The van der Waals surface area contributed by atoms with E-state index in [2.05, 4.69) is 26.0 Å². The van der Waals surface area contributed by atoms with Gasteiger partial charge in [0.2, 0.25) is 0 Å². The monoisotopic (exact) mass is 257 g/mol. The number of hydrogen-bond donors (Lipinski definition) is 1. The van der Waals surface area contributed by atoms with Crippen LogP contribution in [0.3, 0.4) is 0 Å². The van der Waals surface area contributed by atoms with Crippen molar-refractivity contribution >= 4 is 5.97 Å². The molecule has 19 heavy (non-hydrogen) atoms. The highest BCUT2D eigenvalue weighted by atomic mass is 16.4. The number of rotatable bonds is 4. The van der Waals surface area contributed by atoms with Crippen LogP contribution >= 0.6 is 0 Å². The van der Waals surface area contributed by atoms with Crippen LogP contribution in [0.1, 0.15) is 42.7 Å². The Kier molecular flexibility index (Phi) is 3.74. The van der Waals surface area contributed by atoms with Crippen molar-refractivity contribution in [1.29, 1.82) is 0 Å². The van der Waals surface area contributed by atoms with Crippen molar-refractivity contribution in [2.24, 2.45) is 0 Å². The van der Waals surface area contributed by atoms with E-state index in [4.69, 9.17) is 0 Å². The zero-order chi connectivity index (χ0) is 14.0. The fourth-order valence-electron chi connectivity index (χ4n) is 2.46. The van der Waals surface area contributed by atoms with Gasteiger partial charge < -0.3 is 9.67 Å². The van der Waals surface area contributed by atoms with Gasteiger partial charge >= 0.3 is 5.97 Å². The first kappa shape index (κ1) is 13.4. The summed E-state index contributed by atoms with van der Waals surface area (Å²) in [5.74, 6) is -0.472. The van der Waals surface area contributed by atoms with Gasteiger partial charge in [0.25, 0.3) is 0 Å². The first-order valence-electron chi connectivity index (χ1n) is 6.58. The van der Waals surface area contributed by atoms with Crippen molar-refractivity contribution in [3.63, 3.8) is 0 Å². The molecule has 0 fully saturated rings. The normalized spacial score (nSPS) is 10.9. The Morgan fingerprint density at radius 2 is 1.89 bits per heavy atom. The van der Waals surface area contributed by atoms with E-state index in [1.807, 2.05) is 29.7 Å². The van der Waals surface area contributed by atoms with E-state index in [-0.39, 0.29) is 0 Å². The minimum atomic E-state index is -0.880. The van der Waals surface area contributed by atoms with Gasteiger partial charge in [0.05, 0.1) is 0 Å². The molecule has 3 heteroatoms. The number of hydrogen-bond acceptors (Lipinski definition) is 1. The highest BCUT2D eigenvalue weighted by Gasteiger charge is 2.16. The predicted molar refractivity (Wildman–Crippen MR) is 76.6 cm³/mol. The molecule has 3 nitrogen and oxygen atoms in total. The number of carbonyl (C=O) groups is 1. The molecule has 0 unspecified atom stereocenters. The van der Waals surface area contributed by atoms with Gasteiger partial charge in [0.15, 0.2) is 0 Å². The molecule has 0 radical (unpaired) electrons. The lowest BCUT2D eigenvalue weighted by atomic mass is 9.95.